The van der Waals surface area contributed by atoms with Crippen LogP contribution in [0.25, 0.3) is 77.7 Å². The summed E-state index contributed by atoms with van der Waals surface area (Å²) in [5.41, 5.74) is 15.5. The van der Waals surface area contributed by atoms with E-state index in [1.54, 1.807) is 0 Å². The standard InChI is InChI=1S/C59H50N6/c1-38-19-18-26-42(35-38)64-49-30-15-12-27-44(49)45-34-33-43(36-52(45)64)65-51-32-17-13-28-46(51)54-48(37-53-55(56(54)65)47-29-14-16-31-50(47)63(53)41-24-10-5-11-25-41)59(2)61-57(39-20-6-3-7-21-39)60-58(62-59)40-22-8-4-9-23-40/h3-13,15-17,20-25,27-28,30-38,57,61H,14,18-19,26,29H2,1-2H3,(H,60,62)/p+1. The second-order valence-electron chi connectivity index (χ2n) is 18.6. The van der Waals surface area contributed by atoms with E-state index < -0.39 is 5.66 Å². The normalized spacial score (nSPS) is 19.8. The van der Waals surface area contributed by atoms with Gasteiger partial charge in [-0.25, -0.2) is 4.99 Å². The first-order valence-electron chi connectivity index (χ1n) is 23.5. The smallest absolute Gasteiger partial charge is 0.210 e. The number of rotatable bonds is 6. The van der Waals surface area contributed by atoms with E-state index in [9.17, 15) is 0 Å². The maximum atomic E-state index is 5.44. The molecule has 2 aliphatic carbocycles. The molecule has 6 heteroatoms. The van der Waals surface area contributed by atoms with E-state index in [1.807, 2.05) is 0 Å². The highest BCUT2D eigenvalue weighted by Crippen LogP contribution is 2.47. The number of nitrogens with two attached hydrogens (primary N) is 1. The van der Waals surface area contributed by atoms with Crippen LogP contribution in [0.3, 0.4) is 0 Å². The summed E-state index contributed by atoms with van der Waals surface area (Å²) < 4.78 is 7.71. The van der Waals surface area contributed by atoms with Crippen LogP contribution >= 0.6 is 0 Å². The molecule has 4 heterocycles. The van der Waals surface area contributed by atoms with Crippen molar-refractivity contribution in [3.05, 3.63) is 204 Å². The Balaban J connectivity index is 1.16. The van der Waals surface area contributed by atoms with Gasteiger partial charge < -0.3 is 19.0 Å². The first-order valence-corrected chi connectivity index (χ1v) is 23.5. The monoisotopic (exact) mass is 843 g/mol. The van der Waals surface area contributed by atoms with Gasteiger partial charge in [0.05, 0.1) is 27.6 Å². The van der Waals surface area contributed by atoms with Crippen molar-refractivity contribution in [2.45, 2.75) is 57.8 Å². The number of nitrogens with one attached hydrogen (secondary N) is 1. The first kappa shape index (κ1) is 38.1. The third-order valence-electron chi connectivity index (χ3n) is 14.5. The molecule has 6 nitrogen and oxygen atoms in total. The number of para-hydroxylation sites is 3. The molecule has 0 saturated heterocycles. The molecule has 0 radical (unpaired) electrons. The van der Waals surface area contributed by atoms with E-state index in [0.717, 1.165) is 30.7 Å². The Labute approximate surface area is 378 Å². The molecule has 0 fully saturated rings. The van der Waals surface area contributed by atoms with Crippen LogP contribution in [0.5, 0.6) is 0 Å². The second-order valence-corrected chi connectivity index (χ2v) is 18.6. The summed E-state index contributed by atoms with van der Waals surface area (Å²) in [5.74, 6) is 1.45. The molecule has 13 rings (SSSR count). The molecule has 65 heavy (non-hydrogen) atoms. The number of nitrogens with zero attached hydrogens (tertiary/aromatic N) is 4. The molecular formula is C59H51N6+. The molecule has 7 aromatic carbocycles. The van der Waals surface area contributed by atoms with Gasteiger partial charge in [-0.3, -0.25) is 5.32 Å². The van der Waals surface area contributed by atoms with E-state index in [-0.39, 0.29) is 6.17 Å². The number of aromatic nitrogens is 3. The third kappa shape index (κ3) is 5.93. The molecule has 10 aromatic rings. The number of hydrogen-bond acceptors (Lipinski definition) is 2. The number of benzene rings is 7. The minimum Gasteiger partial charge on any atom is -0.314 e. The van der Waals surface area contributed by atoms with Gasteiger partial charge in [-0.1, -0.05) is 140 Å². The number of hydrogen-bond donors (Lipinski definition) is 2. The lowest BCUT2D eigenvalue weighted by molar-refractivity contribution is -0.774. The van der Waals surface area contributed by atoms with Crippen LogP contribution in [0, 0.1) is 5.92 Å². The maximum absolute atomic E-state index is 5.44. The van der Waals surface area contributed by atoms with Crippen molar-refractivity contribution in [1.29, 1.82) is 0 Å². The van der Waals surface area contributed by atoms with Gasteiger partial charge in [-0.2, -0.15) is 0 Å². The topological polar surface area (TPSA) is 55.8 Å². The third-order valence-corrected chi connectivity index (χ3v) is 14.5. The lowest BCUT2D eigenvalue weighted by atomic mass is 9.90. The van der Waals surface area contributed by atoms with Crippen LogP contribution in [0.1, 0.15) is 73.6 Å². The fourth-order valence-electron chi connectivity index (χ4n) is 11.6. The first-order chi connectivity index (χ1) is 32.0. The van der Waals surface area contributed by atoms with Gasteiger partial charge in [0.15, 0.2) is 5.66 Å². The average molecular weight is 844 g/mol. The fraction of sp³-hybridized carbons (Fsp3) is 0.169. The Morgan fingerprint density at radius 3 is 2.11 bits per heavy atom. The quantitative estimate of drug-likeness (QED) is 0.172. The van der Waals surface area contributed by atoms with Gasteiger partial charge in [0.2, 0.25) is 6.17 Å². The molecule has 316 valence electrons. The second kappa shape index (κ2) is 14.8. The molecular weight excluding hydrogens is 793 g/mol. The predicted molar refractivity (Wildman–Crippen MR) is 270 cm³/mol. The number of allylic oxidation sites excluding steroid dienone is 3. The molecule has 0 bridgehead atoms. The molecule has 0 saturated carbocycles. The zero-order valence-electron chi connectivity index (χ0n) is 36.9. The zero-order valence-corrected chi connectivity index (χ0v) is 36.9. The number of aryl methyl sites for hydroxylation is 1. The number of quaternary nitrogens is 1. The molecule has 3 N–H and O–H groups in total. The summed E-state index contributed by atoms with van der Waals surface area (Å²) in [6.07, 6.45) is 12.6. The summed E-state index contributed by atoms with van der Waals surface area (Å²) in [4.78, 5) is 5.44. The minimum absolute atomic E-state index is 0.171. The van der Waals surface area contributed by atoms with Crippen molar-refractivity contribution in [2.75, 3.05) is 0 Å². The maximum Gasteiger partial charge on any atom is 0.210 e. The van der Waals surface area contributed by atoms with E-state index in [0.29, 0.717) is 5.92 Å². The van der Waals surface area contributed by atoms with E-state index in [4.69, 9.17) is 4.99 Å². The highest BCUT2D eigenvalue weighted by atomic mass is 15.3. The largest absolute Gasteiger partial charge is 0.314 e. The Hall–Kier alpha value is -7.41. The highest BCUT2D eigenvalue weighted by molar-refractivity contribution is 6.22. The molecule has 1 aliphatic heterocycles. The zero-order chi connectivity index (χ0) is 43.2. The number of fused-ring (bicyclic) bond motifs is 10. The number of amidine groups is 1. The van der Waals surface area contributed by atoms with Gasteiger partial charge in [0.25, 0.3) is 0 Å². The Morgan fingerprint density at radius 1 is 0.631 bits per heavy atom. The van der Waals surface area contributed by atoms with Crippen LogP contribution in [-0.4, -0.2) is 19.5 Å². The van der Waals surface area contributed by atoms with Crippen molar-refractivity contribution in [3.63, 3.8) is 0 Å². The van der Waals surface area contributed by atoms with Crippen LogP contribution in [0.2, 0.25) is 0 Å². The summed E-state index contributed by atoms with van der Waals surface area (Å²) >= 11 is 0. The summed E-state index contributed by atoms with van der Waals surface area (Å²) in [6, 6.07) is 60.2. The van der Waals surface area contributed by atoms with Crippen molar-refractivity contribution < 1.29 is 5.32 Å². The summed E-state index contributed by atoms with van der Waals surface area (Å²) in [5, 5.41) is 13.0. The Morgan fingerprint density at radius 2 is 1.32 bits per heavy atom. The van der Waals surface area contributed by atoms with E-state index >= 15 is 0 Å². The lowest BCUT2D eigenvalue weighted by Gasteiger charge is -2.37. The number of aliphatic imine (C=N–C) groups is 1. The Kier molecular flexibility index (Phi) is 8.69. The summed E-state index contributed by atoms with van der Waals surface area (Å²) in [7, 11) is 0. The summed E-state index contributed by atoms with van der Waals surface area (Å²) in [6.45, 7) is 4.74. The fourth-order valence-corrected chi connectivity index (χ4v) is 11.6. The molecule has 0 spiro atoms. The van der Waals surface area contributed by atoms with Crippen molar-refractivity contribution in [1.82, 2.24) is 19.0 Å². The van der Waals surface area contributed by atoms with Gasteiger partial charge in [0.1, 0.15) is 5.84 Å². The molecule has 3 aromatic heterocycles. The van der Waals surface area contributed by atoms with Crippen molar-refractivity contribution in [2.24, 2.45) is 10.9 Å². The van der Waals surface area contributed by atoms with Gasteiger partial charge >= 0.3 is 0 Å². The SMILES string of the molecule is CC1C=C(n2c3ccccc3c3ccc(-n4c5ccccc5c5c(C6(C)NC(c7ccccc7)=NC(c7ccccc7)[NH2+]6)cc6c(c7c(n6-c6ccccc6)C=CCC7)c54)cc32)CCC1. The van der Waals surface area contributed by atoms with E-state index in [1.165, 1.54) is 107 Å². The molecule has 3 aliphatic rings. The van der Waals surface area contributed by atoms with Gasteiger partial charge in [-0.05, 0) is 92.1 Å². The van der Waals surface area contributed by atoms with Crippen molar-refractivity contribution >= 4 is 72.1 Å². The lowest BCUT2D eigenvalue weighted by Crippen LogP contribution is -3.00. The Bertz CT molecular complexity index is 3600. The molecule has 3 atom stereocenters. The van der Waals surface area contributed by atoms with Crippen LogP contribution in [0.15, 0.2) is 181 Å². The average Bonchev–Trinajstić information content (AvgIpc) is 4.00. The predicted octanol–water partition coefficient (Wildman–Crippen LogP) is 12.9. The minimum atomic E-state index is -0.641. The van der Waals surface area contributed by atoms with Crippen LogP contribution < -0.4 is 10.6 Å². The highest BCUT2D eigenvalue weighted by Gasteiger charge is 2.43. The van der Waals surface area contributed by atoms with Crippen LogP contribution in [-0.2, 0) is 12.1 Å². The molecule has 0 amide bonds. The van der Waals surface area contributed by atoms with Gasteiger partial charge in [-0.15, -0.1) is 0 Å². The van der Waals surface area contributed by atoms with E-state index in [2.05, 4.69) is 220 Å². The molecule has 3 unspecified atom stereocenters. The van der Waals surface area contributed by atoms with Gasteiger partial charge in [0, 0.05) is 73.3 Å². The van der Waals surface area contributed by atoms with Crippen molar-refractivity contribution in [3.8, 4) is 11.4 Å². The van der Waals surface area contributed by atoms with Crippen LogP contribution in [0.4, 0.5) is 0 Å².